The highest BCUT2D eigenvalue weighted by atomic mass is 127. The maximum Gasteiger partial charge on any atom is 0.222 e. The van der Waals surface area contributed by atoms with Crippen molar-refractivity contribution >= 4 is 47.2 Å². The largest absolute Gasteiger partial charge is 0.356 e. The second-order valence-electron chi connectivity index (χ2n) is 6.27. The zero-order chi connectivity index (χ0) is 18.8. The van der Waals surface area contributed by atoms with Gasteiger partial charge in [-0.25, -0.2) is 0 Å². The van der Waals surface area contributed by atoms with Gasteiger partial charge in [0.05, 0.1) is 0 Å². The molecule has 1 unspecified atom stereocenters. The molecule has 2 rings (SSSR count). The Balaban J connectivity index is 0.00000364. The molecule has 27 heavy (non-hydrogen) atoms. The molecule has 0 bridgehead atoms. The Bertz CT molecular complexity index is 718. The summed E-state index contributed by atoms with van der Waals surface area (Å²) in [5, 5.41) is 9.50. The van der Waals surface area contributed by atoms with Crippen molar-refractivity contribution in [3.63, 3.8) is 0 Å². The lowest BCUT2D eigenvalue weighted by atomic mass is 10.2. The Morgan fingerprint density at radius 3 is 2.52 bits per heavy atom. The third-order valence-electron chi connectivity index (χ3n) is 3.89. The van der Waals surface area contributed by atoms with Gasteiger partial charge in [-0.1, -0.05) is 30.3 Å². The second kappa shape index (κ2) is 12.7. The molecule has 1 aromatic carbocycles. The number of nitrogens with zero attached hydrogens (tertiary/aromatic N) is 1. The van der Waals surface area contributed by atoms with Crippen molar-refractivity contribution in [1.82, 2.24) is 16.0 Å². The second-order valence-corrected chi connectivity index (χ2v) is 7.65. The highest BCUT2D eigenvalue weighted by Gasteiger charge is 2.08. The van der Waals surface area contributed by atoms with Crippen LogP contribution in [-0.2, 0) is 17.8 Å². The van der Waals surface area contributed by atoms with Crippen LogP contribution in [0.2, 0.25) is 0 Å². The van der Waals surface area contributed by atoms with E-state index in [-0.39, 0.29) is 35.9 Å². The summed E-state index contributed by atoms with van der Waals surface area (Å²) in [6.45, 7) is 5.36. The molecule has 7 heteroatoms. The number of aliphatic imine (C=N–C) groups is 1. The van der Waals surface area contributed by atoms with Crippen molar-refractivity contribution in [3.05, 3.63) is 57.8 Å². The van der Waals surface area contributed by atoms with Crippen LogP contribution in [0.5, 0.6) is 0 Å². The minimum atomic E-state index is 0. The number of hydrogen-bond donors (Lipinski definition) is 3. The van der Waals surface area contributed by atoms with Crippen LogP contribution in [0.1, 0.15) is 28.7 Å². The number of halogens is 1. The SMILES string of the molecule is CN=C(NCCC(=O)NCc1ccccc1)NC(C)Cc1ccc(C)s1.I. The van der Waals surface area contributed by atoms with Crippen molar-refractivity contribution in [3.8, 4) is 0 Å². The van der Waals surface area contributed by atoms with E-state index in [1.54, 1.807) is 7.05 Å². The summed E-state index contributed by atoms with van der Waals surface area (Å²) < 4.78 is 0. The van der Waals surface area contributed by atoms with Gasteiger partial charge in [-0.2, -0.15) is 0 Å². The number of thiophene rings is 1. The number of rotatable bonds is 8. The van der Waals surface area contributed by atoms with Crippen molar-refractivity contribution in [2.45, 2.75) is 39.3 Å². The first-order chi connectivity index (χ1) is 12.6. The molecule has 1 atom stereocenters. The summed E-state index contributed by atoms with van der Waals surface area (Å²) >= 11 is 1.82. The molecule has 0 saturated carbocycles. The van der Waals surface area contributed by atoms with Crippen molar-refractivity contribution in [2.24, 2.45) is 4.99 Å². The molecular formula is C20H29IN4OS. The predicted octanol–water partition coefficient (Wildman–Crippen LogP) is 3.48. The summed E-state index contributed by atoms with van der Waals surface area (Å²) in [6.07, 6.45) is 1.36. The monoisotopic (exact) mass is 500 g/mol. The summed E-state index contributed by atoms with van der Waals surface area (Å²) in [6, 6.07) is 14.5. The van der Waals surface area contributed by atoms with Gasteiger partial charge < -0.3 is 16.0 Å². The lowest BCUT2D eigenvalue weighted by Gasteiger charge is -2.17. The van der Waals surface area contributed by atoms with Gasteiger partial charge in [0.1, 0.15) is 0 Å². The van der Waals surface area contributed by atoms with E-state index in [1.165, 1.54) is 9.75 Å². The van der Waals surface area contributed by atoms with Crippen LogP contribution >= 0.6 is 35.3 Å². The van der Waals surface area contributed by atoms with Crippen molar-refractivity contribution in [1.29, 1.82) is 0 Å². The molecule has 0 spiro atoms. The van der Waals surface area contributed by atoms with Crippen LogP contribution in [0.15, 0.2) is 47.5 Å². The molecule has 1 aromatic heterocycles. The number of hydrogen-bond acceptors (Lipinski definition) is 3. The lowest BCUT2D eigenvalue weighted by Crippen LogP contribution is -2.44. The van der Waals surface area contributed by atoms with Crippen LogP contribution in [0, 0.1) is 6.92 Å². The van der Waals surface area contributed by atoms with Crippen LogP contribution in [0.3, 0.4) is 0 Å². The van der Waals surface area contributed by atoms with Gasteiger partial charge in [0, 0.05) is 48.8 Å². The number of carbonyl (C=O) groups is 1. The fraction of sp³-hybridized carbons (Fsp3) is 0.400. The lowest BCUT2D eigenvalue weighted by molar-refractivity contribution is -0.121. The molecule has 0 saturated heterocycles. The number of aryl methyl sites for hydroxylation is 1. The third-order valence-corrected chi connectivity index (χ3v) is 4.91. The standard InChI is InChI=1S/C20H28N4OS.HI/c1-15(13-18-10-9-16(2)26-18)24-20(21-3)22-12-11-19(25)23-14-17-7-5-4-6-8-17;/h4-10,15H,11-14H2,1-3H3,(H,23,25)(H2,21,22,24);1H. The fourth-order valence-corrected chi connectivity index (χ4v) is 3.57. The Kier molecular flexibility index (Phi) is 11.0. The Morgan fingerprint density at radius 1 is 1.15 bits per heavy atom. The van der Waals surface area contributed by atoms with Crippen molar-refractivity contribution < 1.29 is 4.79 Å². The van der Waals surface area contributed by atoms with Gasteiger partial charge in [0.25, 0.3) is 0 Å². The van der Waals surface area contributed by atoms with E-state index in [9.17, 15) is 4.79 Å². The van der Waals surface area contributed by atoms with Gasteiger partial charge >= 0.3 is 0 Å². The predicted molar refractivity (Wildman–Crippen MR) is 125 cm³/mol. The quantitative estimate of drug-likeness (QED) is 0.296. The highest BCUT2D eigenvalue weighted by Crippen LogP contribution is 2.16. The van der Waals surface area contributed by atoms with E-state index >= 15 is 0 Å². The number of nitrogens with one attached hydrogen (secondary N) is 3. The minimum absolute atomic E-state index is 0. The minimum Gasteiger partial charge on any atom is -0.356 e. The molecule has 1 heterocycles. The van der Waals surface area contributed by atoms with Gasteiger partial charge in [-0.3, -0.25) is 9.79 Å². The number of benzene rings is 1. The van der Waals surface area contributed by atoms with Crippen LogP contribution < -0.4 is 16.0 Å². The molecule has 0 radical (unpaired) electrons. The maximum absolute atomic E-state index is 11.9. The molecule has 148 valence electrons. The zero-order valence-electron chi connectivity index (χ0n) is 16.1. The number of amides is 1. The summed E-state index contributed by atoms with van der Waals surface area (Å²) in [4.78, 5) is 18.9. The summed E-state index contributed by atoms with van der Waals surface area (Å²) in [5.41, 5.74) is 1.10. The van der Waals surface area contributed by atoms with Crippen LogP contribution in [0.4, 0.5) is 0 Å². The zero-order valence-corrected chi connectivity index (χ0v) is 19.3. The Hall–Kier alpha value is -1.61. The molecule has 0 fully saturated rings. The van der Waals surface area contributed by atoms with E-state index < -0.39 is 0 Å². The van der Waals surface area contributed by atoms with Gasteiger partial charge in [-0.15, -0.1) is 35.3 Å². The first-order valence-corrected chi connectivity index (χ1v) is 9.71. The van der Waals surface area contributed by atoms with E-state index in [1.807, 2.05) is 41.7 Å². The van der Waals surface area contributed by atoms with Crippen LogP contribution in [0.25, 0.3) is 0 Å². The third kappa shape index (κ3) is 9.23. The van der Waals surface area contributed by atoms with Gasteiger partial charge in [0.15, 0.2) is 5.96 Å². The number of carbonyl (C=O) groups excluding carboxylic acids is 1. The Morgan fingerprint density at radius 2 is 1.89 bits per heavy atom. The average Bonchev–Trinajstić information content (AvgIpc) is 3.04. The molecule has 5 nitrogen and oxygen atoms in total. The first kappa shape index (κ1) is 23.4. The van der Waals surface area contributed by atoms with Crippen molar-refractivity contribution in [2.75, 3.05) is 13.6 Å². The van der Waals surface area contributed by atoms with Gasteiger partial charge in [-0.05, 0) is 31.5 Å². The average molecular weight is 500 g/mol. The van der Waals surface area contributed by atoms with Gasteiger partial charge in [0.2, 0.25) is 5.91 Å². The fourth-order valence-electron chi connectivity index (χ4n) is 2.55. The number of guanidine groups is 1. The molecule has 0 aliphatic rings. The van der Waals surface area contributed by atoms with E-state index in [4.69, 9.17) is 0 Å². The topological polar surface area (TPSA) is 65.5 Å². The Labute approximate surface area is 183 Å². The molecule has 0 aliphatic heterocycles. The van der Waals surface area contributed by atoms with E-state index in [0.29, 0.717) is 19.5 Å². The van der Waals surface area contributed by atoms with E-state index in [0.717, 1.165) is 17.9 Å². The molecular weight excluding hydrogens is 471 g/mol. The van der Waals surface area contributed by atoms with E-state index in [2.05, 4.69) is 46.9 Å². The molecule has 2 aromatic rings. The highest BCUT2D eigenvalue weighted by molar-refractivity contribution is 14.0. The maximum atomic E-state index is 11.9. The molecule has 1 amide bonds. The molecule has 3 N–H and O–H groups in total. The summed E-state index contributed by atoms with van der Waals surface area (Å²) in [7, 11) is 1.74. The first-order valence-electron chi connectivity index (χ1n) is 8.90. The van der Waals surface area contributed by atoms with Crippen LogP contribution in [-0.4, -0.2) is 31.5 Å². The normalized spacial score (nSPS) is 12.0. The summed E-state index contributed by atoms with van der Waals surface area (Å²) in [5.74, 6) is 0.751. The smallest absolute Gasteiger partial charge is 0.222 e. The molecule has 0 aliphatic carbocycles.